The van der Waals surface area contributed by atoms with E-state index in [0.29, 0.717) is 25.4 Å². The van der Waals surface area contributed by atoms with E-state index < -0.39 is 0 Å². The molecule has 1 aliphatic heterocycles. The fraction of sp³-hybridized carbons (Fsp3) is 0.833. The molecule has 17 heavy (non-hydrogen) atoms. The smallest absolute Gasteiger partial charge is 0.222 e. The van der Waals surface area contributed by atoms with Crippen LogP contribution in [-0.2, 0) is 9.59 Å². The van der Waals surface area contributed by atoms with Gasteiger partial charge in [0, 0.05) is 39.5 Å². The number of hydrogen-bond donors (Lipinski definition) is 2. The molecule has 0 saturated carbocycles. The van der Waals surface area contributed by atoms with E-state index in [9.17, 15) is 9.59 Å². The summed E-state index contributed by atoms with van der Waals surface area (Å²) in [5.41, 5.74) is 0. The van der Waals surface area contributed by atoms with Crippen LogP contribution in [-0.4, -0.2) is 49.9 Å². The summed E-state index contributed by atoms with van der Waals surface area (Å²) < 4.78 is 0. The van der Waals surface area contributed by atoms with Crippen molar-refractivity contribution in [1.29, 1.82) is 0 Å². The summed E-state index contributed by atoms with van der Waals surface area (Å²) in [6.07, 6.45) is 4.24. The third-order valence-corrected chi connectivity index (χ3v) is 3.25. The van der Waals surface area contributed by atoms with Crippen LogP contribution in [0, 0.1) is 0 Å². The maximum absolute atomic E-state index is 11.8. The van der Waals surface area contributed by atoms with Crippen molar-refractivity contribution in [2.24, 2.45) is 0 Å². The maximum atomic E-state index is 11.8. The minimum absolute atomic E-state index is 0.0258. The van der Waals surface area contributed by atoms with Gasteiger partial charge in [0.25, 0.3) is 0 Å². The Kier molecular flexibility index (Phi) is 5.97. The summed E-state index contributed by atoms with van der Waals surface area (Å²) in [7, 11) is 3.36. The highest BCUT2D eigenvalue weighted by Crippen LogP contribution is 2.11. The minimum atomic E-state index is -0.0258. The highest BCUT2D eigenvalue weighted by molar-refractivity contribution is 5.78. The third-order valence-electron chi connectivity index (χ3n) is 3.25. The zero-order valence-electron chi connectivity index (χ0n) is 10.8. The monoisotopic (exact) mass is 241 g/mol. The van der Waals surface area contributed by atoms with Crippen molar-refractivity contribution in [2.45, 2.75) is 38.1 Å². The minimum Gasteiger partial charge on any atom is -0.359 e. The highest BCUT2D eigenvalue weighted by atomic mass is 16.2. The lowest BCUT2D eigenvalue weighted by molar-refractivity contribution is -0.130. The molecule has 0 aromatic rings. The summed E-state index contributed by atoms with van der Waals surface area (Å²) in [5, 5.41) is 5.92. The van der Waals surface area contributed by atoms with Crippen LogP contribution in [0.15, 0.2) is 0 Å². The van der Waals surface area contributed by atoms with Crippen molar-refractivity contribution >= 4 is 11.8 Å². The summed E-state index contributed by atoms with van der Waals surface area (Å²) in [6, 6.07) is 0.506. The van der Waals surface area contributed by atoms with Gasteiger partial charge in [0.15, 0.2) is 0 Å². The van der Waals surface area contributed by atoms with Crippen LogP contribution in [0.4, 0.5) is 0 Å². The highest BCUT2D eigenvalue weighted by Gasteiger charge is 2.17. The normalized spacial score (nSPS) is 19.1. The molecule has 2 amide bonds. The molecule has 2 N–H and O–H groups in total. The van der Waals surface area contributed by atoms with Gasteiger partial charge in [-0.15, -0.1) is 0 Å². The fourth-order valence-corrected chi connectivity index (χ4v) is 2.01. The number of rotatable bonds is 6. The molecular formula is C12H23N3O2. The van der Waals surface area contributed by atoms with Crippen molar-refractivity contribution in [1.82, 2.24) is 15.5 Å². The Hall–Kier alpha value is -1.10. The van der Waals surface area contributed by atoms with Gasteiger partial charge < -0.3 is 15.5 Å². The Morgan fingerprint density at radius 1 is 1.41 bits per heavy atom. The average Bonchev–Trinajstić information content (AvgIpc) is 2.85. The molecule has 1 aliphatic rings. The topological polar surface area (TPSA) is 61.4 Å². The van der Waals surface area contributed by atoms with Crippen LogP contribution < -0.4 is 10.6 Å². The first-order chi connectivity index (χ1) is 8.13. The largest absolute Gasteiger partial charge is 0.359 e. The van der Waals surface area contributed by atoms with Crippen molar-refractivity contribution in [3.05, 3.63) is 0 Å². The third kappa shape index (κ3) is 5.17. The van der Waals surface area contributed by atoms with Crippen LogP contribution >= 0.6 is 0 Å². The zero-order chi connectivity index (χ0) is 12.7. The molecule has 0 aliphatic carbocycles. The van der Waals surface area contributed by atoms with Crippen LogP contribution in [0.1, 0.15) is 32.1 Å². The molecule has 0 bridgehead atoms. The van der Waals surface area contributed by atoms with Crippen LogP contribution in [0.3, 0.4) is 0 Å². The van der Waals surface area contributed by atoms with E-state index in [1.807, 2.05) is 0 Å². The van der Waals surface area contributed by atoms with Gasteiger partial charge in [0.05, 0.1) is 0 Å². The molecular weight excluding hydrogens is 218 g/mol. The molecule has 5 heteroatoms. The fourth-order valence-electron chi connectivity index (χ4n) is 2.01. The van der Waals surface area contributed by atoms with E-state index in [2.05, 4.69) is 10.6 Å². The van der Waals surface area contributed by atoms with Gasteiger partial charge in [-0.05, 0) is 25.8 Å². The summed E-state index contributed by atoms with van der Waals surface area (Å²) >= 11 is 0. The van der Waals surface area contributed by atoms with E-state index in [1.54, 1.807) is 19.0 Å². The van der Waals surface area contributed by atoms with E-state index in [4.69, 9.17) is 0 Å². The number of hydrogen-bond acceptors (Lipinski definition) is 3. The molecule has 1 heterocycles. The SMILES string of the molecule is CNC(=O)CCN(C)C(=O)CCC1CCCN1. The van der Waals surface area contributed by atoms with Gasteiger partial charge in [0.2, 0.25) is 11.8 Å². The van der Waals surface area contributed by atoms with Crippen molar-refractivity contribution in [2.75, 3.05) is 27.2 Å². The molecule has 1 atom stereocenters. The Morgan fingerprint density at radius 2 is 2.18 bits per heavy atom. The maximum Gasteiger partial charge on any atom is 0.222 e. The summed E-state index contributed by atoms with van der Waals surface area (Å²) in [6.45, 7) is 1.57. The number of nitrogens with zero attached hydrogens (tertiary/aromatic N) is 1. The zero-order valence-corrected chi connectivity index (χ0v) is 10.8. The first kappa shape index (κ1) is 14.0. The molecule has 0 aromatic carbocycles. The van der Waals surface area contributed by atoms with Crippen molar-refractivity contribution < 1.29 is 9.59 Å². The quantitative estimate of drug-likeness (QED) is 0.694. The molecule has 0 spiro atoms. The Bertz CT molecular complexity index is 262. The van der Waals surface area contributed by atoms with Crippen LogP contribution in [0.5, 0.6) is 0 Å². The Balaban J connectivity index is 2.14. The molecule has 1 fully saturated rings. The van der Waals surface area contributed by atoms with Crippen LogP contribution in [0.2, 0.25) is 0 Å². The van der Waals surface area contributed by atoms with Crippen molar-refractivity contribution in [3.8, 4) is 0 Å². The average molecular weight is 241 g/mol. The Morgan fingerprint density at radius 3 is 2.76 bits per heavy atom. The summed E-state index contributed by atoms with van der Waals surface area (Å²) in [4.78, 5) is 24.5. The first-order valence-electron chi connectivity index (χ1n) is 6.31. The summed E-state index contributed by atoms with van der Waals surface area (Å²) in [5.74, 6) is 0.102. The number of carbonyl (C=O) groups excluding carboxylic acids is 2. The first-order valence-corrected chi connectivity index (χ1v) is 6.31. The predicted molar refractivity (Wildman–Crippen MR) is 66.6 cm³/mol. The number of carbonyl (C=O) groups is 2. The number of nitrogens with one attached hydrogen (secondary N) is 2. The van der Waals surface area contributed by atoms with Gasteiger partial charge in [-0.25, -0.2) is 0 Å². The number of amides is 2. The molecule has 1 saturated heterocycles. The van der Waals surface area contributed by atoms with Crippen molar-refractivity contribution in [3.63, 3.8) is 0 Å². The van der Waals surface area contributed by atoms with E-state index in [-0.39, 0.29) is 11.8 Å². The molecule has 0 aromatic heterocycles. The lowest BCUT2D eigenvalue weighted by Gasteiger charge is -2.18. The van der Waals surface area contributed by atoms with E-state index in [1.165, 1.54) is 12.8 Å². The van der Waals surface area contributed by atoms with Gasteiger partial charge >= 0.3 is 0 Å². The van der Waals surface area contributed by atoms with E-state index >= 15 is 0 Å². The lowest BCUT2D eigenvalue weighted by atomic mass is 10.1. The predicted octanol–water partition coefficient (Wildman–Crippen LogP) is 0.113. The lowest BCUT2D eigenvalue weighted by Crippen LogP contribution is -2.32. The molecule has 1 unspecified atom stereocenters. The molecule has 5 nitrogen and oxygen atoms in total. The van der Waals surface area contributed by atoms with Gasteiger partial charge in [-0.2, -0.15) is 0 Å². The van der Waals surface area contributed by atoms with Gasteiger partial charge in [-0.3, -0.25) is 9.59 Å². The second-order valence-corrected chi connectivity index (χ2v) is 4.57. The molecule has 1 rings (SSSR count). The second kappa shape index (κ2) is 7.27. The standard InChI is InChI=1S/C12H23N3O2/c1-13-11(16)7-9-15(2)12(17)6-5-10-4-3-8-14-10/h10,14H,3-9H2,1-2H3,(H,13,16). The van der Waals surface area contributed by atoms with Gasteiger partial charge in [0.1, 0.15) is 0 Å². The molecule has 98 valence electrons. The van der Waals surface area contributed by atoms with Crippen LogP contribution in [0.25, 0.3) is 0 Å². The van der Waals surface area contributed by atoms with E-state index in [0.717, 1.165) is 13.0 Å². The second-order valence-electron chi connectivity index (χ2n) is 4.57. The molecule has 0 radical (unpaired) electrons. The Labute approximate surface area is 103 Å². The van der Waals surface area contributed by atoms with Gasteiger partial charge in [-0.1, -0.05) is 0 Å².